The predicted octanol–water partition coefficient (Wildman–Crippen LogP) is 3.58. The smallest absolute Gasteiger partial charge is 0.0426 e. The van der Waals surface area contributed by atoms with Crippen molar-refractivity contribution in [3.05, 3.63) is 47.7 Å². The average Bonchev–Trinajstić information content (AvgIpc) is 2.74. The van der Waals surface area contributed by atoms with Gasteiger partial charge < -0.3 is 4.90 Å². The van der Waals surface area contributed by atoms with Gasteiger partial charge in [0.25, 0.3) is 0 Å². The number of rotatable bonds is 2. The molecule has 1 atom stereocenters. The second kappa shape index (κ2) is 4.32. The van der Waals surface area contributed by atoms with Gasteiger partial charge in [0.05, 0.1) is 0 Å². The molecule has 1 aliphatic carbocycles. The molecule has 1 fully saturated rings. The number of nitrogens with zero attached hydrogens (tertiary/aromatic N) is 1. The number of hydrogen-bond donors (Lipinski definition) is 0. The average molecular weight is 213 g/mol. The predicted molar refractivity (Wildman–Crippen MR) is 66.9 cm³/mol. The zero-order chi connectivity index (χ0) is 10.8. The summed E-state index contributed by atoms with van der Waals surface area (Å²) in [5.74, 6) is 0.873. The third kappa shape index (κ3) is 1.87. The van der Waals surface area contributed by atoms with E-state index in [4.69, 9.17) is 0 Å². The van der Waals surface area contributed by atoms with Crippen LogP contribution in [0.1, 0.15) is 31.2 Å². The molecular formula is C15H19N. The zero-order valence-electron chi connectivity index (χ0n) is 9.73. The Balaban J connectivity index is 1.74. The molecule has 0 saturated carbocycles. The minimum atomic E-state index is 0.873. The van der Waals surface area contributed by atoms with Crippen molar-refractivity contribution in [2.75, 3.05) is 6.54 Å². The quantitative estimate of drug-likeness (QED) is 0.726. The van der Waals surface area contributed by atoms with Crippen LogP contribution in [0.2, 0.25) is 0 Å². The van der Waals surface area contributed by atoms with Crippen LogP contribution >= 0.6 is 0 Å². The van der Waals surface area contributed by atoms with E-state index in [1.807, 2.05) is 0 Å². The Labute approximate surface area is 97.8 Å². The highest BCUT2D eigenvalue weighted by Crippen LogP contribution is 2.36. The van der Waals surface area contributed by atoms with Crippen LogP contribution in [0.5, 0.6) is 0 Å². The van der Waals surface area contributed by atoms with E-state index in [0.29, 0.717) is 0 Å². The summed E-state index contributed by atoms with van der Waals surface area (Å²) in [5, 5.41) is 0. The molecule has 1 heterocycles. The summed E-state index contributed by atoms with van der Waals surface area (Å²) in [5.41, 5.74) is 3.07. The first kappa shape index (κ1) is 9.95. The standard InChI is InChI=1S/C15H19N/c1-2-6-13(7-3-1)12-16-11-10-14-8-4-5-9-15(14)16/h1-3,6-7,9,14H,4-5,8,10-12H2. The zero-order valence-corrected chi connectivity index (χ0v) is 9.73. The maximum Gasteiger partial charge on any atom is 0.0426 e. The lowest BCUT2D eigenvalue weighted by Crippen LogP contribution is -2.19. The third-order valence-corrected chi connectivity index (χ3v) is 3.86. The molecule has 16 heavy (non-hydrogen) atoms. The molecule has 1 aromatic rings. The van der Waals surface area contributed by atoms with Gasteiger partial charge in [-0.2, -0.15) is 0 Å². The first-order valence-electron chi connectivity index (χ1n) is 6.42. The van der Waals surface area contributed by atoms with Crippen molar-refractivity contribution in [2.24, 2.45) is 5.92 Å². The van der Waals surface area contributed by atoms with Gasteiger partial charge in [-0.3, -0.25) is 0 Å². The van der Waals surface area contributed by atoms with Crippen LogP contribution in [-0.4, -0.2) is 11.4 Å². The van der Waals surface area contributed by atoms with Gasteiger partial charge in [0.15, 0.2) is 0 Å². The highest BCUT2D eigenvalue weighted by atomic mass is 15.2. The molecule has 0 amide bonds. The van der Waals surface area contributed by atoms with Crippen LogP contribution in [0.3, 0.4) is 0 Å². The fourth-order valence-electron chi connectivity index (χ4n) is 3.02. The van der Waals surface area contributed by atoms with Gasteiger partial charge in [-0.1, -0.05) is 36.4 Å². The normalized spacial score (nSPS) is 24.1. The van der Waals surface area contributed by atoms with Crippen LogP contribution in [0.15, 0.2) is 42.1 Å². The van der Waals surface area contributed by atoms with Gasteiger partial charge in [-0.25, -0.2) is 0 Å². The Morgan fingerprint density at radius 3 is 2.88 bits per heavy atom. The molecule has 0 bridgehead atoms. The molecule has 2 aliphatic rings. The molecule has 1 nitrogen and oxygen atoms in total. The lowest BCUT2D eigenvalue weighted by Gasteiger charge is -2.25. The Morgan fingerprint density at radius 2 is 2.00 bits per heavy atom. The van der Waals surface area contributed by atoms with E-state index in [2.05, 4.69) is 41.3 Å². The van der Waals surface area contributed by atoms with Crippen molar-refractivity contribution < 1.29 is 0 Å². The lowest BCUT2D eigenvalue weighted by atomic mass is 9.92. The summed E-state index contributed by atoms with van der Waals surface area (Å²) < 4.78 is 0. The monoisotopic (exact) mass is 213 g/mol. The maximum atomic E-state index is 2.58. The Hall–Kier alpha value is -1.24. The van der Waals surface area contributed by atoms with E-state index in [1.54, 1.807) is 5.70 Å². The van der Waals surface area contributed by atoms with Gasteiger partial charge in [-0.15, -0.1) is 0 Å². The van der Waals surface area contributed by atoms with E-state index >= 15 is 0 Å². The van der Waals surface area contributed by atoms with Gasteiger partial charge >= 0.3 is 0 Å². The van der Waals surface area contributed by atoms with Crippen LogP contribution in [-0.2, 0) is 6.54 Å². The third-order valence-electron chi connectivity index (χ3n) is 3.86. The molecule has 1 saturated heterocycles. The molecule has 3 rings (SSSR count). The fraction of sp³-hybridized carbons (Fsp3) is 0.467. The maximum absolute atomic E-state index is 2.58. The molecule has 84 valence electrons. The van der Waals surface area contributed by atoms with E-state index in [1.165, 1.54) is 37.8 Å². The van der Waals surface area contributed by atoms with Crippen molar-refractivity contribution in [1.29, 1.82) is 0 Å². The highest BCUT2D eigenvalue weighted by Gasteiger charge is 2.28. The number of allylic oxidation sites excluding steroid dienone is 2. The fourth-order valence-corrected chi connectivity index (χ4v) is 3.02. The molecule has 1 heteroatoms. The van der Waals surface area contributed by atoms with E-state index < -0.39 is 0 Å². The van der Waals surface area contributed by atoms with Gasteiger partial charge in [0.2, 0.25) is 0 Å². The largest absolute Gasteiger partial charge is 0.370 e. The van der Waals surface area contributed by atoms with Crippen LogP contribution in [0.4, 0.5) is 0 Å². The SMILES string of the molecule is C1=C2C(CCC1)CCN2Cc1ccccc1. The summed E-state index contributed by atoms with van der Waals surface area (Å²) in [4.78, 5) is 2.58. The van der Waals surface area contributed by atoms with Crippen LogP contribution in [0.25, 0.3) is 0 Å². The Kier molecular flexibility index (Phi) is 2.69. The summed E-state index contributed by atoms with van der Waals surface area (Å²) in [7, 11) is 0. The van der Waals surface area contributed by atoms with Crippen LogP contribution in [0, 0.1) is 5.92 Å². The first-order chi connectivity index (χ1) is 7.93. The summed E-state index contributed by atoms with van der Waals surface area (Å²) in [6.07, 6.45) is 7.95. The number of benzene rings is 1. The topological polar surface area (TPSA) is 3.24 Å². The minimum Gasteiger partial charge on any atom is -0.370 e. The van der Waals surface area contributed by atoms with Gasteiger partial charge in [0.1, 0.15) is 0 Å². The lowest BCUT2D eigenvalue weighted by molar-refractivity contribution is 0.373. The van der Waals surface area contributed by atoms with Crippen molar-refractivity contribution in [3.8, 4) is 0 Å². The number of fused-ring (bicyclic) bond motifs is 1. The van der Waals surface area contributed by atoms with Crippen molar-refractivity contribution in [1.82, 2.24) is 4.90 Å². The molecule has 1 aromatic carbocycles. The van der Waals surface area contributed by atoms with E-state index in [-0.39, 0.29) is 0 Å². The van der Waals surface area contributed by atoms with Gasteiger partial charge in [-0.05, 0) is 31.2 Å². The second-order valence-corrected chi connectivity index (χ2v) is 4.95. The molecule has 0 aromatic heterocycles. The highest BCUT2D eigenvalue weighted by molar-refractivity contribution is 5.19. The Bertz CT molecular complexity index is 380. The van der Waals surface area contributed by atoms with E-state index in [0.717, 1.165) is 12.5 Å². The molecule has 0 N–H and O–H groups in total. The van der Waals surface area contributed by atoms with Crippen molar-refractivity contribution in [2.45, 2.75) is 32.2 Å². The van der Waals surface area contributed by atoms with E-state index in [9.17, 15) is 0 Å². The molecule has 1 aliphatic heterocycles. The number of hydrogen-bond acceptors (Lipinski definition) is 1. The first-order valence-corrected chi connectivity index (χ1v) is 6.42. The van der Waals surface area contributed by atoms with Crippen molar-refractivity contribution in [3.63, 3.8) is 0 Å². The summed E-state index contributed by atoms with van der Waals surface area (Å²) in [6, 6.07) is 10.8. The van der Waals surface area contributed by atoms with Crippen molar-refractivity contribution >= 4 is 0 Å². The number of likely N-dealkylation sites (tertiary alicyclic amines) is 1. The van der Waals surface area contributed by atoms with Gasteiger partial charge in [0, 0.05) is 24.7 Å². The van der Waals surface area contributed by atoms with Crippen LogP contribution < -0.4 is 0 Å². The Morgan fingerprint density at radius 1 is 1.12 bits per heavy atom. The molecule has 0 spiro atoms. The summed E-state index contributed by atoms with van der Waals surface area (Å²) in [6.45, 7) is 2.36. The molecule has 0 radical (unpaired) electrons. The minimum absolute atomic E-state index is 0.873. The second-order valence-electron chi connectivity index (χ2n) is 4.95. The summed E-state index contributed by atoms with van der Waals surface area (Å²) >= 11 is 0. The molecule has 1 unspecified atom stereocenters. The molecular weight excluding hydrogens is 194 g/mol.